The first kappa shape index (κ1) is 20.9. The van der Waals surface area contributed by atoms with Gasteiger partial charge in [-0.1, -0.05) is 18.9 Å². The number of pyridine rings is 1. The number of rotatable bonds is 10. The summed E-state index contributed by atoms with van der Waals surface area (Å²) in [6, 6.07) is 5.46. The number of imidazole rings is 1. The van der Waals surface area contributed by atoms with Crippen LogP contribution in [0.15, 0.2) is 36.9 Å². The van der Waals surface area contributed by atoms with Crippen LogP contribution in [0.25, 0.3) is 0 Å². The van der Waals surface area contributed by atoms with E-state index in [0.29, 0.717) is 13.1 Å². The third kappa shape index (κ3) is 6.10. The third-order valence-electron chi connectivity index (χ3n) is 5.33. The van der Waals surface area contributed by atoms with E-state index >= 15 is 0 Å². The van der Waals surface area contributed by atoms with Crippen molar-refractivity contribution in [1.29, 1.82) is 0 Å². The van der Waals surface area contributed by atoms with E-state index in [1.807, 2.05) is 28.0 Å². The van der Waals surface area contributed by atoms with Gasteiger partial charge in [0.25, 0.3) is 0 Å². The minimum atomic E-state index is -0.900. The van der Waals surface area contributed by atoms with Crippen LogP contribution in [-0.2, 0) is 22.7 Å². The molecule has 0 bridgehead atoms. The number of hydrogen-bond donors (Lipinski definition) is 3. The van der Waals surface area contributed by atoms with Gasteiger partial charge in [-0.3, -0.25) is 24.4 Å². The second kappa shape index (κ2) is 10.1. The van der Waals surface area contributed by atoms with Gasteiger partial charge in [-0.05, 0) is 25.0 Å². The number of carboxylic acids is 2. The lowest BCUT2D eigenvalue weighted by molar-refractivity contribution is -0.142. The fourth-order valence-electron chi connectivity index (χ4n) is 4.16. The molecule has 2 aromatic rings. The van der Waals surface area contributed by atoms with Gasteiger partial charge >= 0.3 is 11.9 Å². The number of aromatic amines is 1. The van der Waals surface area contributed by atoms with Gasteiger partial charge in [-0.2, -0.15) is 0 Å². The van der Waals surface area contributed by atoms with Gasteiger partial charge in [-0.15, -0.1) is 0 Å². The molecule has 29 heavy (non-hydrogen) atoms. The van der Waals surface area contributed by atoms with Crippen molar-refractivity contribution < 1.29 is 19.8 Å². The summed E-state index contributed by atoms with van der Waals surface area (Å²) >= 11 is 0. The predicted octanol–water partition coefficient (Wildman–Crippen LogP) is 1.59. The maximum absolute atomic E-state index is 11.6. The van der Waals surface area contributed by atoms with Crippen molar-refractivity contribution in [2.45, 2.75) is 50.9 Å². The number of aromatic nitrogens is 3. The maximum Gasteiger partial charge on any atom is 0.317 e. The zero-order valence-electron chi connectivity index (χ0n) is 16.3. The second-order valence-electron chi connectivity index (χ2n) is 7.41. The van der Waals surface area contributed by atoms with Gasteiger partial charge < -0.3 is 15.2 Å². The third-order valence-corrected chi connectivity index (χ3v) is 5.33. The molecule has 1 aliphatic rings. The average molecular weight is 401 g/mol. The van der Waals surface area contributed by atoms with Crippen LogP contribution in [0.2, 0.25) is 0 Å². The lowest BCUT2D eigenvalue weighted by atomic mass is 9.87. The van der Waals surface area contributed by atoms with Crippen LogP contribution in [0, 0.1) is 0 Å². The van der Waals surface area contributed by atoms with Crippen LogP contribution in [0.4, 0.5) is 0 Å². The maximum atomic E-state index is 11.6. The summed E-state index contributed by atoms with van der Waals surface area (Å²) in [7, 11) is 0. The van der Waals surface area contributed by atoms with Crippen molar-refractivity contribution in [2.75, 3.05) is 13.1 Å². The van der Waals surface area contributed by atoms with Crippen molar-refractivity contribution in [3.05, 3.63) is 48.3 Å². The molecule has 1 unspecified atom stereocenters. The van der Waals surface area contributed by atoms with E-state index < -0.39 is 11.9 Å². The zero-order chi connectivity index (χ0) is 20.6. The van der Waals surface area contributed by atoms with Gasteiger partial charge in [0.15, 0.2) is 0 Å². The van der Waals surface area contributed by atoms with Crippen LogP contribution in [0.3, 0.4) is 0 Å². The molecule has 0 spiro atoms. The highest BCUT2D eigenvalue weighted by atomic mass is 16.4. The first-order valence-corrected chi connectivity index (χ1v) is 9.82. The largest absolute Gasteiger partial charge is 0.480 e. The fraction of sp³-hybridized carbons (Fsp3) is 0.500. The molecule has 3 N–H and O–H groups in total. The average Bonchev–Trinajstić information content (AvgIpc) is 3.20. The molecule has 2 aromatic heterocycles. The molecule has 1 aliphatic carbocycles. The van der Waals surface area contributed by atoms with E-state index in [1.54, 1.807) is 18.7 Å². The molecule has 0 amide bonds. The van der Waals surface area contributed by atoms with Crippen molar-refractivity contribution >= 4 is 11.9 Å². The Balaban J connectivity index is 1.84. The van der Waals surface area contributed by atoms with Gasteiger partial charge in [0, 0.05) is 43.3 Å². The molecular formula is C20H27N5O4. The highest BCUT2D eigenvalue weighted by Gasteiger charge is 2.36. The number of nitrogens with zero attached hydrogens (tertiary/aromatic N) is 4. The lowest BCUT2D eigenvalue weighted by Gasteiger charge is -2.44. The minimum absolute atomic E-state index is 0.0637. The Hall–Kier alpha value is -2.78. The van der Waals surface area contributed by atoms with E-state index in [9.17, 15) is 19.8 Å². The number of hydrogen-bond acceptors (Lipinski definition) is 6. The summed E-state index contributed by atoms with van der Waals surface area (Å²) in [6.07, 6.45) is 8.59. The van der Waals surface area contributed by atoms with E-state index in [4.69, 9.17) is 0 Å². The Bertz CT molecular complexity index is 783. The standard InChI is InChI=1S/C20H27N5O4/c26-19(27)12-24(10-15-5-3-4-8-22-15)17-6-1-2-7-18(17)25(13-20(28)29)11-16-9-21-14-23-16/h3-5,8-9,14,17-18H,1-2,6-7,10-13H2,(H,21,23)(H,26,27)(H,28,29)/t17-,18?/m0/s1. The highest BCUT2D eigenvalue weighted by Crippen LogP contribution is 2.29. The first-order valence-electron chi connectivity index (χ1n) is 9.82. The molecule has 0 aromatic carbocycles. The van der Waals surface area contributed by atoms with Crippen molar-refractivity contribution in [2.24, 2.45) is 0 Å². The van der Waals surface area contributed by atoms with Gasteiger partial charge in [-0.25, -0.2) is 4.98 Å². The second-order valence-corrected chi connectivity index (χ2v) is 7.41. The molecule has 1 fully saturated rings. The minimum Gasteiger partial charge on any atom is -0.480 e. The normalized spacial score (nSPS) is 19.5. The Kier molecular flexibility index (Phi) is 7.31. The van der Waals surface area contributed by atoms with Crippen molar-refractivity contribution in [3.63, 3.8) is 0 Å². The SMILES string of the molecule is O=C(O)CN(Cc1cnc[nH]1)C1CCCC[C@@H]1N(CC(=O)O)Cc1ccccn1. The zero-order valence-corrected chi connectivity index (χ0v) is 16.3. The van der Waals surface area contributed by atoms with E-state index in [2.05, 4.69) is 15.0 Å². The monoisotopic (exact) mass is 401 g/mol. The summed E-state index contributed by atoms with van der Waals surface area (Å²) in [4.78, 5) is 38.4. The van der Waals surface area contributed by atoms with Gasteiger partial charge in [0.2, 0.25) is 0 Å². The van der Waals surface area contributed by atoms with E-state index in [-0.39, 0.29) is 25.2 Å². The molecule has 2 atom stereocenters. The predicted molar refractivity (Wildman–Crippen MR) is 105 cm³/mol. The highest BCUT2D eigenvalue weighted by molar-refractivity contribution is 5.69. The summed E-state index contributed by atoms with van der Waals surface area (Å²) in [5.41, 5.74) is 1.64. The van der Waals surface area contributed by atoms with Crippen LogP contribution >= 0.6 is 0 Å². The fourth-order valence-corrected chi connectivity index (χ4v) is 4.16. The van der Waals surface area contributed by atoms with Gasteiger partial charge in [0.05, 0.1) is 25.1 Å². The molecule has 9 heteroatoms. The molecule has 0 saturated heterocycles. The summed E-state index contributed by atoms with van der Waals surface area (Å²) < 4.78 is 0. The smallest absolute Gasteiger partial charge is 0.317 e. The number of H-pyrrole nitrogens is 1. The molecule has 0 radical (unpaired) electrons. The Morgan fingerprint density at radius 3 is 2.21 bits per heavy atom. The van der Waals surface area contributed by atoms with Crippen molar-refractivity contribution in [1.82, 2.24) is 24.8 Å². The van der Waals surface area contributed by atoms with Crippen LogP contribution < -0.4 is 0 Å². The van der Waals surface area contributed by atoms with E-state index in [1.165, 1.54) is 0 Å². The van der Waals surface area contributed by atoms with Crippen LogP contribution in [-0.4, -0.2) is 72.1 Å². The Morgan fingerprint density at radius 1 is 1.03 bits per heavy atom. The lowest BCUT2D eigenvalue weighted by Crippen LogP contribution is -2.55. The Labute approximate surface area is 169 Å². The van der Waals surface area contributed by atoms with Gasteiger partial charge in [0.1, 0.15) is 0 Å². The van der Waals surface area contributed by atoms with Crippen molar-refractivity contribution in [3.8, 4) is 0 Å². The summed E-state index contributed by atoms with van der Waals surface area (Å²) in [6.45, 7) is 0.630. The molecule has 156 valence electrons. The number of aliphatic carboxylic acids is 2. The first-order chi connectivity index (χ1) is 14.0. The molecular weight excluding hydrogens is 374 g/mol. The number of nitrogens with one attached hydrogen (secondary N) is 1. The van der Waals surface area contributed by atoms with Crippen LogP contribution in [0.1, 0.15) is 37.1 Å². The molecule has 9 nitrogen and oxygen atoms in total. The molecule has 1 saturated carbocycles. The number of carboxylic acid groups (broad SMARTS) is 2. The summed E-state index contributed by atoms with van der Waals surface area (Å²) in [5.74, 6) is -1.80. The summed E-state index contributed by atoms with van der Waals surface area (Å²) in [5, 5.41) is 19.0. The number of carbonyl (C=O) groups is 2. The molecule has 2 heterocycles. The quantitative estimate of drug-likeness (QED) is 0.548. The molecule has 3 rings (SSSR count). The van der Waals surface area contributed by atoms with Crippen LogP contribution in [0.5, 0.6) is 0 Å². The topological polar surface area (TPSA) is 123 Å². The Morgan fingerprint density at radius 2 is 1.69 bits per heavy atom. The molecule has 0 aliphatic heterocycles. The van der Waals surface area contributed by atoms with E-state index in [0.717, 1.165) is 37.1 Å².